The van der Waals surface area contributed by atoms with E-state index in [0.717, 1.165) is 22.0 Å². The van der Waals surface area contributed by atoms with Gasteiger partial charge in [-0.1, -0.05) is 30.3 Å². The van der Waals surface area contributed by atoms with E-state index < -0.39 is 29.9 Å². The number of amides is 2. The molecule has 0 unspecified atom stereocenters. The molecule has 3 aromatic rings. The standard InChI is InChI=1S/C22H24N4O5/c23-17(9-13-5-7-15(27)8-6-13)21(29)25-12-20(28)26-19(22(30)31)10-14-11-24-18-4-2-1-3-16(14)18/h1-8,11,17,19,24,27H,9-10,12,23H2,(H,25,29)(H,26,28)(H,30,31)/t17-,19-/m0/s1. The molecule has 3 rings (SSSR count). The van der Waals surface area contributed by atoms with Crippen molar-refractivity contribution in [3.63, 3.8) is 0 Å². The summed E-state index contributed by atoms with van der Waals surface area (Å²) in [4.78, 5) is 39.1. The van der Waals surface area contributed by atoms with Crippen molar-refractivity contribution in [2.24, 2.45) is 5.73 Å². The average molecular weight is 424 g/mol. The highest BCUT2D eigenvalue weighted by atomic mass is 16.4. The number of nitrogens with one attached hydrogen (secondary N) is 3. The third kappa shape index (κ3) is 5.83. The molecule has 0 saturated carbocycles. The Hall–Kier alpha value is -3.85. The first kappa shape index (κ1) is 21.8. The minimum absolute atomic E-state index is 0.0966. The van der Waals surface area contributed by atoms with Gasteiger partial charge in [0, 0.05) is 23.5 Å². The summed E-state index contributed by atoms with van der Waals surface area (Å²) >= 11 is 0. The van der Waals surface area contributed by atoms with Crippen molar-refractivity contribution >= 4 is 28.7 Å². The summed E-state index contributed by atoms with van der Waals surface area (Å²) < 4.78 is 0. The number of fused-ring (bicyclic) bond motifs is 1. The van der Waals surface area contributed by atoms with E-state index in [4.69, 9.17) is 5.73 Å². The predicted molar refractivity (Wildman–Crippen MR) is 114 cm³/mol. The lowest BCUT2D eigenvalue weighted by molar-refractivity contribution is -0.141. The molecule has 0 aliphatic carbocycles. The van der Waals surface area contributed by atoms with Gasteiger partial charge in [0.25, 0.3) is 0 Å². The van der Waals surface area contributed by atoms with Crippen LogP contribution < -0.4 is 16.4 Å². The number of aromatic amines is 1. The van der Waals surface area contributed by atoms with Gasteiger partial charge in [-0.3, -0.25) is 9.59 Å². The number of carbonyl (C=O) groups excluding carboxylic acids is 2. The fourth-order valence-electron chi connectivity index (χ4n) is 3.24. The van der Waals surface area contributed by atoms with Crippen LogP contribution in [-0.4, -0.2) is 51.6 Å². The molecule has 2 amide bonds. The molecule has 1 aromatic heterocycles. The van der Waals surface area contributed by atoms with Crippen LogP contribution in [0.2, 0.25) is 0 Å². The smallest absolute Gasteiger partial charge is 0.326 e. The molecule has 1 heterocycles. The number of aromatic hydroxyl groups is 1. The summed E-state index contributed by atoms with van der Waals surface area (Å²) in [6.07, 6.45) is 2.04. The monoisotopic (exact) mass is 424 g/mol. The third-order valence-electron chi connectivity index (χ3n) is 4.88. The normalized spacial score (nSPS) is 12.8. The molecule has 2 atom stereocenters. The van der Waals surface area contributed by atoms with Crippen molar-refractivity contribution < 1.29 is 24.6 Å². The fraction of sp³-hybridized carbons (Fsp3) is 0.227. The van der Waals surface area contributed by atoms with Crippen LogP contribution in [0.15, 0.2) is 54.7 Å². The van der Waals surface area contributed by atoms with Crippen LogP contribution in [-0.2, 0) is 27.2 Å². The summed E-state index contributed by atoms with van der Waals surface area (Å²) in [5.74, 6) is -2.22. The number of para-hydroxylation sites is 1. The van der Waals surface area contributed by atoms with Crippen LogP contribution in [0.25, 0.3) is 10.9 Å². The number of carbonyl (C=O) groups is 3. The molecule has 0 bridgehead atoms. The van der Waals surface area contributed by atoms with E-state index in [1.54, 1.807) is 18.3 Å². The SMILES string of the molecule is N[C@@H](Cc1ccc(O)cc1)C(=O)NCC(=O)N[C@@H](Cc1c[nH]c2ccccc12)C(=O)O. The number of aliphatic carboxylic acids is 1. The topological polar surface area (TPSA) is 158 Å². The second-order valence-corrected chi connectivity index (χ2v) is 7.22. The Morgan fingerprint density at radius 1 is 1.03 bits per heavy atom. The second kappa shape index (κ2) is 9.77. The van der Waals surface area contributed by atoms with Crippen molar-refractivity contribution in [1.29, 1.82) is 0 Å². The Kier molecular flexibility index (Phi) is 6.88. The Labute approximate surface area is 178 Å². The van der Waals surface area contributed by atoms with Crippen molar-refractivity contribution in [2.45, 2.75) is 24.9 Å². The molecule has 0 saturated heterocycles. The van der Waals surface area contributed by atoms with Crippen molar-refractivity contribution in [3.05, 3.63) is 65.9 Å². The quantitative estimate of drug-likeness (QED) is 0.296. The number of hydrogen-bond acceptors (Lipinski definition) is 5. The van der Waals surface area contributed by atoms with Gasteiger partial charge in [0.15, 0.2) is 0 Å². The maximum Gasteiger partial charge on any atom is 0.326 e. The highest BCUT2D eigenvalue weighted by molar-refractivity contribution is 5.90. The zero-order valence-corrected chi connectivity index (χ0v) is 16.7. The molecular formula is C22H24N4O5. The molecule has 0 aliphatic heterocycles. The van der Waals surface area contributed by atoms with Gasteiger partial charge in [-0.05, 0) is 35.7 Å². The van der Waals surface area contributed by atoms with Gasteiger partial charge in [-0.2, -0.15) is 0 Å². The maximum absolute atomic E-state index is 12.2. The van der Waals surface area contributed by atoms with E-state index in [1.165, 1.54) is 12.1 Å². The van der Waals surface area contributed by atoms with Crippen LogP contribution in [0.4, 0.5) is 0 Å². The Bertz CT molecular complexity index is 1080. The number of aromatic nitrogens is 1. The molecule has 9 nitrogen and oxygen atoms in total. The van der Waals surface area contributed by atoms with Crippen molar-refractivity contribution in [2.75, 3.05) is 6.54 Å². The number of carboxylic acids is 1. The Balaban J connectivity index is 1.52. The highest BCUT2D eigenvalue weighted by Gasteiger charge is 2.22. The summed E-state index contributed by atoms with van der Waals surface area (Å²) in [6.45, 7) is -0.389. The molecule has 0 fully saturated rings. The van der Waals surface area contributed by atoms with Crippen LogP contribution >= 0.6 is 0 Å². The minimum Gasteiger partial charge on any atom is -0.508 e. The first-order valence-electron chi connectivity index (χ1n) is 9.72. The van der Waals surface area contributed by atoms with E-state index in [9.17, 15) is 24.6 Å². The van der Waals surface area contributed by atoms with Crippen LogP contribution in [0, 0.1) is 0 Å². The van der Waals surface area contributed by atoms with E-state index in [0.29, 0.717) is 0 Å². The maximum atomic E-state index is 12.2. The highest BCUT2D eigenvalue weighted by Crippen LogP contribution is 2.19. The van der Waals surface area contributed by atoms with Gasteiger partial charge in [-0.15, -0.1) is 0 Å². The first-order valence-corrected chi connectivity index (χ1v) is 9.72. The number of phenolic OH excluding ortho intramolecular Hbond substituents is 1. The molecule has 0 aliphatic rings. The van der Waals surface area contributed by atoms with E-state index in [-0.39, 0.29) is 25.1 Å². The fourth-order valence-corrected chi connectivity index (χ4v) is 3.24. The molecular weight excluding hydrogens is 400 g/mol. The van der Waals surface area contributed by atoms with E-state index >= 15 is 0 Å². The summed E-state index contributed by atoms with van der Waals surface area (Å²) in [5, 5.41) is 24.5. The van der Waals surface area contributed by atoms with Gasteiger partial charge < -0.3 is 31.6 Å². The van der Waals surface area contributed by atoms with Gasteiger partial charge in [0.1, 0.15) is 11.8 Å². The summed E-state index contributed by atoms with van der Waals surface area (Å²) in [7, 11) is 0. The molecule has 31 heavy (non-hydrogen) atoms. The third-order valence-corrected chi connectivity index (χ3v) is 4.88. The molecule has 0 spiro atoms. The summed E-state index contributed by atoms with van der Waals surface area (Å²) in [5.41, 5.74) is 8.27. The largest absolute Gasteiger partial charge is 0.508 e. The minimum atomic E-state index is -1.17. The first-order chi connectivity index (χ1) is 14.8. The second-order valence-electron chi connectivity index (χ2n) is 7.22. The lowest BCUT2D eigenvalue weighted by Crippen LogP contribution is -2.49. The number of nitrogens with two attached hydrogens (primary N) is 1. The number of carboxylic acid groups (broad SMARTS) is 1. The van der Waals surface area contributed by atoms with Gasteiger partial charge >= 0.3 is 5.97 Å². The van der Waals surface area contributed by atoms with Gasteiger partial charge in [0.2, 0.25) is 11.8 Å². The Morgan fingerprint density at radius 2 is 1.74 bits per heavy atom. The van der Waals surface area contributed by atoms with Crippen molar-refractivity contribution in [1.82, 2.24) is 15.6 Å². The zero-order valence-electron chi connectivity index (χ0n) is 16.7. The number of phenols is 1. The molecule has 2 aromatic carbocycles. The van der Waals surface area contributed by atoms with Crippen LogP contribution in [0.3, 0.4) is 0 Å². The lowest BCUT2D eigenvalue weighted by Gasteiger charge is -2.16. The molecule has 0 radical (unpaired) electrons. The van der Waals surface area contributed by atoms with E-state index in [2.05, 4.69) is 15.6 Å². The average Bonchev–Trinajstić information content (AvgIpc) is 3.16. The number of hydrogen-bond donors (Lipinski definition) is 6. The number of H-pyrrole nitrogens is 1. The predicted octanol–water partition coefficient (Wildman–Crippen LogP) is 0.672. The van der Waals surface area contributed by atoms with Gasteiger partial charge in [-0.25, -0.2) is 4.79 Å². The summed E-state index contributed by atoms with van der Waals surface area (Å²) in [6, 6.07) is 11.7. The molecule has 9 heteroatoms. The zero-order chi connectivity index (χ0) is 22.4. The van der Waals surface area contributed by atoms with Crippen molar-refractivity contribution in [3.8, 4) is 5.75 Å². The molecule has 7 N–H and O–H groups in total. The lowest BCUT2D eigenvalue weighted by atomic mass is 10.0. The van der Waals surface area contributed by atoms with Crippen LogP contribution in [0.5, 0.6) is 5.75 Å². The number of rotatable bonds is 9. The van der Waals surface area contributed by atoms with E-state index in [1.807, 2.05) is 24.3 Å². The molecule has 162 valence electrons. The Morgan fingerprint density at radius 3 is 2.45 bits per heavy atom. The van der Waals surface area contributed by atoms with Crippen LogP contribution in [0.1, 0.15) is 11.1 Å². The number of benzene rings is 2. The van der Waals surface area contributed by atoms with Gasteiger partial charge in [0.05, 0.1) is 12.6 Å².